The van der Waals surface area contributed by atoms with Gasteiger partial charge in [-0.05, 0) is 69.1 Å². The maximum absolute atomic E-state index is 13.1. The summed E-state index contributed by atoms with van der Waals surface area (Å²) in [5, 5.41) is 10.6. The maximum Gasteiger partial charge on any atom is 0.472 e. The van der Waals surface area contributed by atoms with Gasteiger partial charge in [0.05, 0.1) is 26.4 Å². The molecule has 4 unspecified atom stereocenters. The van der Waals surface area contributed by atoms with E-state index in [-0.39, 0.29) is 25.7 Å². The second-order valence-electron chi connectivity index (χ2n) is 29.0. The van der Waals surface area contributed by atoms with Crippen LogP contribution in [-0.2, 0) is 65.4 Å². The molecule has 0 bridgehead atoms. The van der Waals surface area contributed by atoms with Crippen LogP contribution in [0.2, 0.25) is 0 Å². The van der Waals surface area contributed by atoms with Gasteiger partial charge >= 0.3 is 39.5 Å². The van der Waals surface area contributed by atoms with Crippen molar-refractivity contribution in [2.45, 2.75) is 401 Å². The van der Waals surface area contributed by atoms with Crippen LogP contribution in [0.3, 0.4) is 0 Å². The number of phosphoric ester groups is 2. The molecule has 3 N–H and O–H groups in total. The molecule has 17 nitrogen and oxygen atoms in total. The topological polar surface area (TPSA) is 237 Å². The lowest BCUT2D eigenvalue weighted by molar-refractivity contribution is -0.161. The normalized spacial score (nSPS) is 14.4. The summed E-state index contributed by atoms with van der Waals surface area (Å²) < 4.78 is 68.5. The average molecular weight is 1430 g/mol. The van der Waals surface area contributed by atoms with Crippen LogP contribution in [0.5, 0.6) is 0 Å². The summed E-state index contributed by atoms with van der Waals surface area (Å²) in [6.45, 7) is 11.8. The van der Waals surface area contributed by atoms with Crippen molar-refractivity contribution in [3.63, 3.8) is 0 Å². The van der Waals surface area contributed by atoms with E-state index < -0.39 is 97.5 Å². The van der Waals surface area contributed by atoms with Crippen LogP contribution in [0.25, 0.3) is 0 Å². The molecule has 0 aromatic rings. The molecule has 0 saturated carbocycles. The third kappa shape index (κ3) is 70.6. The van der Waals surface area contributed by atoms with E-state index in [1.165, 1.54) is 173 Å². The third-order valence-corrected chi connectivity index (χ3v) is 20.0. The van der Waals surface area contributed by atoms with Gasteiger partial charge in [0, 0.05) is 25.7 Å². The van der Waals surface area contributed by atoms with Crippen molar-refractivity contribution in [2.24, 2.45) is 17.8 Å². The van der Waals surface area contributed by atoms with Crippen molar-refractivity contribution in [1.29, 1.82) is 0 Å². The monoisotopic (exact) mass is 1430 g/mol. The van der Waals surface area contributed by atoms with Crippen molar-refractivity contribution >= 4 is 39.5 Å². The molecular formula is C79H150O17P2. The lowest BCUT2D eigenvalue weighted by Gasteiger charge is -2.21. The molecule has 6 atom stereocenters. The van der Waals surface area contributed by atoms with E-state index in [9.17, 15) is 43.2 Å². The molecule has 0 radical (unpaired) electrons. The van der Waals surface area contributed by atoms with Crippen molar-refractivity contribution in [2.75, 3.05) is 39.6 Å². The molecule has 0 fully saturated rings. The third-order valence-electron chi connectivity index (χ3n) is 18.1. The molecule has 0 aromatic carbocycles. The van der Waals surface area contributed by atoms with Crippen LogP contribution in [0.1, 0.15) is 382 Å². The molecular weight excluding hydrogens is 1280 g/mol. The van der Waals surface area contributed by atoms with Crippen LogP contribution in [0, 0.1) is 17.8 Å². The van der Waals surface area contributed by atoms with Crippen molar-refractivity contribution in [1.82, 2.24) is 0 Å². The SMILES string of the molecule is CCCCCC/C=C\C=C/CCCCCCCC(=O)O[C@H](COC(=O)CCCCCCCCCC(C)C)COP(=O)(O)OCC(O)COP(=O)(O)OC[C@@H](COC(=O)CCCCCCCCCCCCCCCCCCCCC(C)CC)OC(=O)CCCCCCCCCCC(C)C. The van der Waals surface area contributed by atoms with Gasteiger partial charge in [0.1, 0.15) is 19.3 Å². The number of hydrogen-bond acceptors (Lipinski definition) is 15. The van der Waals surface area contributed by atoms with E-state index in [2.05, 4.69) is 72.8 Å². The fraction of sp³-hybridized carbons (Fsp3) is 0.899. The lowest BCUT2D eigenvalue weighted by Crippen LogP contribution is -2.30. The van der Waals surface area contributed by atoms with E-state index in [1.54, 1.807) is 0 Å². The summed E-state index contributed by atoms with van der Waals surface area (Å²) >= 11 is 0. The smallest absolute Gasteiger partial charge is 0.462 e. The highest BCUT2D eigenvalue weighted by atomic mass is 31.2. The first kappa shape index (κ1) is 95.5. The minimum atomic E-state index is -4.96. The molecule has 0 aromatic heterocycles. The summed E-state index contributed by atoms with van der Waals surface area (Å²) in [4.78, 5) is 72.8. The molecule has 19 heteroatoms. The van der Waals surface area contributed by atoms with Crippen LogP contribution in [-0.4, -0.2) is 96.7 Å². The Morgan fingerprint density at radius 3 is 0.908 bits per heavy atom. The Balaban J connectivity index is 5.18. The van der Waals surface area contributed by atoms with Crippen LogP contribution >= 0.6 is 15.6 Å². The Hall–Kier alpha value is -2.46. The van der Waals surface area contributed by atoms with E-state index in [1.807, 2.05) is 0 Å². The van der Waals surface area contributed by atoms with Gasteiger partial charge in [0.2, 0.25) is 0 Å². The number of phosphoric acid groups is 2. The zero-order valence-corrected chi connectivity index (χ0v) is 65.5. The van der Waals surface area contributed by atoms with Crippen LogP contribution in [0.15, 0.2) is 24.3 Å². The molecule has 0 aliphatic heterocycles. The van der Waals surface area contributed by atoms with Crippen LogP contribution in [0.4, 0.5) is 0 Å². The molecule has 0 amide bonds. The Bertz CT molecular complexity index is 2000. The number of aliphatic hydroxyl groups is 1. The Morgan fingerprint density at radius 2 is 0.602 bits per heavy atom. The summed E-state index contributed by atoms with van der Waals surface area (Å²) in [6.07, 6.45) is 59.3. The van der Waals surface area contributed by atoms with E-state index in [4.69, 9.17) is 37.0 Å². The second kappa shape index (κ2) is 68.9. The fourth-order valence-electron chi connectivity index (χ4n) is 11.6. The quantitative estimate of drug-likeness (QED) is 0.0169. The number of esters is 4. The predicted octanol–water partition coefficient (Wildman–Crippen LogP) is 22.9. The molecule has 0 saturated heterocycles. The van der Waals surface area contributed by atoms with Gasteiger partial charge in [-0.25, -0.2) is 9.13 Å². The molecule has 578 valence electrons. The van der Waals surface area contributed by atoms with Gasteiger partial charge in [-0.2, -0.15) is 0 Å². The van der Waals surface area contributed by atoms with Gasteiger partial charge < -0.3 is 33.8 Å². The molecule has 0 aliphatic rings. The number of carbonyl (C=O) groups is 4. The maximum atomic E-state index is 13.1. The minimum Gasteiger partial charge on any atom is -0.462 e. The van der Waals surface area contributed by atoms with E-state index >= 15 is 0 Å². The fourth-order valence-corrected chi connectivity index (χ4v) is 13.1. The molecule has 0 heterocycles. The molecule has 98 heavy (non-hydrogen) atoms. The Kier molecular flexibility index (Phi) is 67.2. The molecule has 0 aliphatic carbocycles. The van der Waals surface area contributed by atoms with Gasteiger partial charge in [0.25, 0.3) is 0 Å². The number of aliphatic hydroxyl groups excluding tert-OH is 1. The minimum absolute atomic E-state index is 0.0840. The van der Waals surface area contributed by atoms with Gasteiger partial charge in [-0.1, -0.05) is 330 Å². The van der Waals surface area contributed by atoms with Crippen LogP contribution < -0.4 is 0 Å². The Morgan fingerprint density at radius 1 is 0.337 bits per heavy atom. The van der Waals surface area contributed by atoms with Crippen molar-refractivity contribution < 1.29 is 80.2 Å². The number of rotatable bonds is 75. The largest absolute Gasteiger partial charge is 0.472 e. The van der Waals surface area contributed by atoms with Crippen molar-refractivity contribution in [3.8, 4) is 0 Å². The van der Waals surface area contributed by atoms with E-state index in [0.29, 0.717) is 37.5 Å². The Labute approximate surface area is 599 Å². The van der Waals surface area contributed by atoms with Gasteiger partial charge in [-0.3, -0.25) is 37.3 Å². The highest BCUT2D eigenvalue weighted by molar-refractivity contribution is 7.47. The number of hydrogen-bond donors (Lipinski definition) is 3. The zero-order chi connectivity index (χ0) is 72.3. The number of unbranched alkanes of at least 4 members (excludes halogenated alkanes) is 39. The summed E-state index contributed by atoms with van der Waals surface area (Å²) in [5.41, 5.74) is 0. The van der Waals surface area contributed by atoms with E-state index in [0.717, 1.165) is 115 Å². The lowest BCUT2D eigenvalue weighted by atomic mass is 9.99. The van der Waals surface area contributed by atoms with Crippen molar-refractivity contribution in [3.05, 3.63) is 24.3 Å². The molecule has 0 rings (SSSR count). The summed E-state index contributed by atoms with van der Waals surface area (Å²) in [5.74, 6) is 0.142. The first-order valence-electron chi connectivity index (χ1n) is 40.2. The first-order valence-corrected chi connectivity index (χ1v) is 43.2. The number of ether oxygens (including phenoxy) is 4. The highest BCUT2D eigenvalue weighted by Gasteiger charge is 2.30. The second-order valence-corrected chi connectivity index (χ2v) is 31.9. The zero-order valence-electron chi connectivity index (χ0n) is 63.7. The standard InChI is InChI=1S/C79H150O17P2/c1-8-10-11-12-13-14-15-16-21-26-29-32-40-48-55-62-78(83)95-75(67-90-77(82)61-54-47-42-35-37-44-51-58-71(5)6)69-94-98(87,88)92-65-73(80)64-91-97(85,86)93-68-74(96-79(84)63-56-49-41-34-33-36-43-50-57-70(3)4)66-89-76(81)60-53-46-39-31-28-25-23-20-18-17-19-22-24-27-30-38-45-52-59-72(7)9-2/h14-16,21,70-75,80H,8-13,17-20,22-69H2,1-7H3,(H,85,86)(H,87,88)/b15-14-,21-16-/t72?,73?,74-,75-/m1/s1. The first-order chi connectivity index (χ1) is 47.3. The summed E-state index contributed by atoms with van der Waals surface area (Å²) in [7, 11) is -9.93. The highest BCUT2D eigenvalue weighted by Crippen LogP contribution is 2.45. The number of carbonyl (C=O) groups excluding carboxylic acids is 4. The summed E-state index contributed by atoms with van der Waals surface area (Å²) in [6, 6.07) is 0. The number of allylic oxidation sites excluding steroid dienone is 4. The predicted molar refractivity (Wildman–Crippen MR) is 400 cm³/mol. The van der Waals surface area contributed by atoms with Gasteiger partial charge in [0.15, 0.2) is 12.2 Å². The molecule has 0 spiro atoms. The average Bonchev–Trinajstić information content (AvgIpc) is 1.28. The van der Waals surface area contributed by atoms with Gasteiger partial charge in [-0.15, -0.1) is 0 Å².